The van der Waals surface area contributed by atoms with E-state index in [1.54, 1.807) is 67.6 Å². The summed E-state index contributed by atoms with van der Waals surface area (Å²) < 4.78 is 27.6. The predicted molar refractivity (Wildman–Crippen MR) is 112 cm³/mol. The Morgan fingerprint density at radius 1 is 0.929 bits per heavy atom. The van der Waals surface area contributed by atoms with Crippen molar-refractivity contribution in [2.45, 2.75) is 11.8 Å². The summed E-state index contributed by atoms with van der Waals surface area (Å²) in [5.41, 5.74) is 1.75. The maximum absolute atomic E-state index is 13.2. The van der Waals surface area contributed by atoms with E-state index in [1.165, 1.54) is 12.1 Å². The summed E-state index contributed by atoms with van der Waals surface area (Å²) in [4.78, 5) is 12.7. The fourth-order valence-electron chi connectivity index (χ4n) is 2.73. The second kappa shape index (κ2) is 8.46. The summed E-state index contributed by atoms with van der Waals surface area (Å²) in [7, 11) is -3.92. The van der Waals surface area contributed by atoms with E-state index in [9.17, 15) is 13.2 Å². The standard InChI is InChI=1S/C21H19ClN2O3S/c1-16-7-5-6-10-20(16)24(28(26,27)19-8-3-2-4-9-19)15-21(25)23-18-13-11-17(22)12-14-18/h2-14H,15H2,1H3,(H,23,25). The van der Waals surface area contributed by atoms with Crippen molar-refractivity contribution >= 4 is 38.9 Å². The molecule has 0 bridgehead atoms. The number of hydrogen-bond donors (Lipinski definition) is 1. The van der Waals surface area contributed by atoms with Crippen LogP contribution in [0.1, 0.15) is 5.56 Å². The number of hydrogen-bond acceptors (Lipinski definition) is 3. The van der Waals surface area contributed by atoms with E-state index in [0.29, 0.717) is 16.4 Å². The lowest BCUT2D eigenvalue weighted by atomic mass is 10.2. The Kier molecular flexibility index (Phi) is 6.02. The number of aryl methyl sites for hydroxylation is 1. The average molecular weight is 415 g/mol. The van der Waals surface area contributed by atoms with Gasteiger partial charge < -0.3 is 5.32 Å². The number of nitrogens with zero attached hydrogens (tertiary/aromatic N) is 1. The van der Waals surface area contributed by atoms with Crippen LogP contribution in [-0.2, 0) is 14.8 Å². The third kappa shape index (κ3) is 4.52. The number of carbonyl (C=O) groups is 1. The molecule has 0 aromatic heterocycles. The number of anilines is 2. The molecule has 1 N–H and O–H groups in total. The highest BCUT2D eigenvalue weighted by Crippen LogP contribution is 2.26. The van der Waals surface area contributed by atoms with Crippen LogP contribution in [0.3, 0.4) is 0 Å². The normalized spacial score (nSPS) is 11.1. The maximum Gasteiger partial charge on any atom is 0.264 e. The predicted octanol–water partition coefficient (Wildman–Crippen LogP) is 4.48. The van der Waals surface area contributed by atoms with Crippen LogP contribution < -0.4 is 9.62 Å². The van der Waals surface area contributed by atoms with E-state index >= 15 is 0 Å². The molecule has 0 spiro atoms. The Balaban J connectivity index is 1.94. The molecule has 0 saturated carbocycles. The molecule has 0 unspecified atom stereocenters. The van der Waals surface area contributed by atoms with Crippen LogP contribution in [0, 0.1) is 6.92 Å². The van der Waals surface area contributed by atoms with Crippen molar-refractivity contribution in [1.29, 1.82) is 0 Å². The zero-order valence-corrected chi connectivity index (χ0v) is 16.7. The number of rotatable bonds is 6. The van der Waals surface area contributed by atoms with Crippen LogP contribution in [0.15, 0.2) is 83.8 Å². The quantitative estimate of drug-likeness (QED) is 0.646. The van der Waals surface area contributed by atoms with E-state index in [-0.39, 0.29) is 11.4 Å². The molecule has 5 nitrogen and oxygen atoms in total. The van der Waals surface area contributed by atoms with E-state index in [0.717, 1.165) is 9.87 Å². The van der Waals surface area contributed by atoms with E-state index in [2.05, 4.69) is 5.32 Å². The summed E-state index contributed by atoms with van der Waals surface area (Å²) in [6.07, 6.45) is 0. The van der Waals surface area contributed by atoms with Gasteiger partial charge in [-0.2, -0.15) is 0 Å². The molecule has 3 aromatic carbocycles. The zero-order valence-electron chi connectivity index (χ0n) is 15.2. The molecule has 3 aromatic rings. The minimum Gasteiger partial charge on any atom is -0.325 e. The number of para-hydroxylation sites is 1. The lowest BCUT2D eigenvalue weighted by Gasteiger charge is -2.25. The van der Waals surface area contributed by atoms with Crippen LogP contribution in [-0.4, -0.2) is 20.9 Å². The van der Waals surface area contributed by atoms with E-state index < -0.39 is 15.9 Å². The molecule has 0 fully saturated rings. The average Bonchev–Trinajstić information content (AvgIpc) is 2.69. The van der Waals surface area contributed by atoms with Gasteiger partial charge in [0.05, 0.1) is 10.6 Å². The summed E-state index contributed by atoms with van der Waals surface area (Å²) in [5, 5.41) is 3.26. The first kappa shape index (κ1) is 19.9. The lowest BCUT2D eigenvalue weighted by molar-refractivity contribution is -0.114. The van der Waals surface area contributed by atoms with Gasteiger partial charge in [-0.15, -0.1) is 0 Å². The molecule has 0 atom stereocenters. The van der Waals surface area contributed by atoms with Crippen LogP contribution in [0.25, 0.3) is 0 Å². The smallest absolute Gasteiger partial charge is 0.264 e. The van der Waals surface area contributed by atoms with Gasteiger partial charge in [-0.25, -0.2) is 8.42 Å². The molecule has 0 saturated heterocycles. The Morgan fingerprint density at radius 2 is 1.54 bits per heavy atom. The molecule has 0 radical (unpaired) electrons. The second-order valence-corrected chi connectivity index (χ2v) is 8.47. The fourth-order valence-corrected chi connectivity index (χ4v) is 4.36. The van der Waals surface area contributed by atoms with Crippen molar-refractivity contribution < 1.29 is 13.2 Å². The molecule has 0 aliphatic rings. The third-order valence-electron chi connectivity index (χ3n) is 4.13. The number of nitrogens with one attached hydrogen (secondary N) is 1. The van der Waals surface area contributed by atoms with Gasteiger partial charge in [-0.1, -0.05) is 48.0 Å². The van der Waals surface area contributed by atoms with Gasteiger partial charge in [0.15, 0.2) is 0 Å². The Hall–Kier alpha value is -2.83. The van der Waals surface area contributed by atoms with Gasteiger partial charge in [0.2, 0.25) is 5.91 Å². The molecular formula is C21H19ClN2O3S. The molecule has 0 aliphatic heterocycles. The van der Waals surface area contributed by atoms with Crippen molar-refractivity contribution in [2.24, 2.45) is 0 Å². The highest BCUT2D eigenvalue weighted by Gasteiger charge is 2.28. The first-order chi connectivity index (χ1) is 13.4. The minimum atomic E-state index is -3.92. The number of halogens is 1. The largest absolute Gasteiger partial charge is 0.325 e. The van der Waals surface area contributed by atoms with Crippen LogP contribution in [0.5, 0.6) is 0 Å². The molecule has 0 heterocycles. The number of carbonyl (C=O) groups excluding carboxylic acids is 1. The second-order valence-electron chi connectivity index (χ2n) is 6.17. The first-order valence-electron chi connectivity index (χ1n) is 8.57. The summed E-state index contributed by atoms with van der Waals surface area (Å²) >= 11 is 5.86. The van der Waals surface area contributed by atoms with Gasteiger partial charge in [0, 0.05) is 10.7 Å². The molecule has 0 aliphatic carbocycles. The van der Waals surface area contributed by atoms with Crippen LogP contribution in [0.4, 0.5) is 11.4 Å². The van der Waals surface area contributed by atoms with E-state index in [4.69, 9.17) is 11.6 Å². The SMILES string of the molecule is Cc1ccccc1N(CC(=O)Nc1ccc(Cl)cc1)S(=O)(=O)c1ccccc1. The highest BCUT2D eigenvalue weighted by molar-refractivity contribution is 7.92. The molecule has 1 amide bonds. The Morgan fingerprint density at radius 3 is 2.18 bits per heavy atom. The van der Waals surface area contributed by atoms with Crippen molar-refractivity contribution in [3.63, 3.8) is 0 Å². The third-order valence-corrected chi connectivity index (χ3v) is 6.16. The summed E-state index contributed by atoms with van der Waals surface area (Å²) in [6, 6.07) is 21.7. The fraction of sp³-hybridized carbons (Fsp3) is 0.0952. The summed E-state index contributed by atoms with van der Waals surface area (Å²) in [5.74, 6) is -0.454. The number of amides is 1. The van der Waals surface area contributed by atoms with Gasteiger partial charge >= 0.3 is 0 Å². The molecule has 7 heteroatoms. The molecular weight excluding hydrogens is 396 g/mol. The van der Waals surface area contributed by atoms with Crippen molar-refractivity contribution in [2.75, 3.05) is 16.2 Å². The van der Waals surface area contributed by atoms with Crippen molar-refractivity contribution in [3.05, 3.63) is 89.4 Å². The molecule has 28 heavy (non-hydrogen) atoms. The van der Waals surface area contributed by atoms with E-state index in [1.807, 2.05) is 6.07 Å². The summed E-state index contributed by atoms with van der Waals surface area (Å²) in [6.45, 7) is 1.45. The molecule has 144 valence electrons. The van der Waals surface area contributed by atoms with Gasteiger partial charge in [-0.3, -0.25) is 9.10 Å². The monoisotopic (exact) mass is 414 g/mol. The van der Waals surface area contributed by atoms with Crippen molar-refractivity contribution in [1.82, 2.24) is 0 Å². The van der Waals surface area contributed by atoms with Gasteiger partial charge in [0.1, 0.15) is 6.54 Å². The zero-order chi connectivity index (χ0) is 20.1. The molecule has 3 rings (SSSR count). The van der Waals surface area contributed by atoms with Crippen molar-refractivity contribution in [3.8, 4) is 0 Å². The maximum atomic E-state index is 13.2. The number of sulfonamides is 1. The Labute approximate surface area is 169 Å². The van der Waals surface area contributed by atoms with Gasteiger partial charge in [-0.05, 0) is 55.0 Å². The first-order valence-corrected chi connectivity index (χ1v) is 10.4. The topological polar surface area (TPSA) is 66.5 Å². The highest BCUT2D eigenvalue weighted by atomic mass is 35.5. The van der Waals surface area contributed by atoms with Crippen LogP contribution >= 0.6 is 11.6 Å². The minimum absolute atomic E-state index is 0.123. The number of benzene rings is 3. The Bertz CT molecular complexity index is 1070. The van der Waals surface area contributed by atoms with Gasteiger partial charge in [0.25, 0.3) is 10.0 Å². The lowest BCUT2D eigenvalue weighted by Crippen LogP contribution is -2.38. The van der Waals surface area contributed by atoms with Crippen LogP contribution in [0.2, 0.25) is 5.02 Å².